The van der Waals surface area contributed by atoms with Crippen molar-refractivity contribution in [1.29, 1.82) is 0 Å². The van der Waals surface area contributed by atoms with Crippen molar-refractivity contribution >= 4 is 45.7 Å². The Morgan fingerprint density at radius 1 is 1.18 bits per heavy atom. The van der Waals surface area contributed by atoms with Crippen molar-refractivity contribution in [2.45, 2.75) is 13.0 Å². The van der Waals surface area contributed by atoms with Gasteiger partial charge in [0.05, 0.1) is 29.7 Å². The van der Waals surface area contributed by atoms with Crippen molar-refractivity contribution in [2.75, 3.05) is 23.1 Å². The first-order valence-electron chi connectivity index (χ1n) is 10.0. The van der Waals surface area contributed by atoms with Gasteiger partial charge < -0.3 is 15.4 Å². The molecule has 2 N–H and O–H groups in total. The Morgan fingerprint density at radius 3 is 2.91 bits per heavy atom. The number of halogens is 3. The Hall–Kier alpha value is -3.79. The first-order chi connectivity index (χ1) is 16.0. The highest BCUT2D eigenvalue weighted by Gasteiger charge is 2.12. The molecule has 11 heteroatoms. The van der Waals surface area contributed by atoms with E-state index < -0.39 is 17.5 Å². The first-order valence-corrected chi connectivity index (χ1v) is 10.5. The second-order valence-electron chi connectivity index (χ2n) is 7.01. The van der Waals surface area contributed by atoms with Crippen LogP contribution in [0.3, 0.4) is 0 Å². The summed E-state index contributed by atoms with van der Waals surface area (Å²) in [5.74, 6) is -1.16. The second kappa shape index (κ2) is 10.2. The maximum absolute atomic E-state index is 13.7. The molecule has 0 aliphatic carbocycles. The summed E-state index contributed by atoms with van der Waals surface area (Å²) in [4.78, 5) is 20.9. The Bertz CT molecular complexity index is 1280. The quantitative estimate of drug-likeness (QED) is 0.275. The lowest BCUT2D eigenvalue weighted by molar-refractivity contribution is -0.116. The van der Waals surface area contributed by atoms with Crippen LogP contribution in [-0.4, -0.2) is 38.1 Å². The Balaban J connectivity index is 1.40. The van der Waals surface area contributed by atoms with Crippen LogP contribution in [0.2, 0.25) is 0 Å². The highest BCUT2D eigenvalue weighted by Crippen LogP contribution is 2.21. The van der Waals surface area contributed by atoms with E-state index >= 15 is 0 Å². The molecule has 2 aromatic heterocycles. The molecule has 0 aliphatic rings. The summed E-state index contributed by atoms with van der Waals surface area (Å²) < 4.78 is 34.0. The third-order valence-electron chi connectivity index (χ3n) is 4.52. The fraction of sp³-hybridized carbons (Fsp3) is 0.182. The molecule has 0 saturated carbocycles. The van der Waals surface area contributed by atoms with Crippen LogP contribution in [0.5, 0.6) is 5.75 Å². The summed E-state index contributed by atoms with van der Waals surface area (Å²) >= 11 is 5.67. The SMILES string of the molecule is O=C(Cn1cc(Nc2ncc3ccc(OCCCCl)cc3n2)cn1)Nc1cccc(F)c1F. The molecular formula is C22H19ClF2N6O2. The molecular weight excluding hydrogens is 454 g/mol. The van der Waals surface area contributed by atoms with Crippen LogP contribution in [0, 0.1) is 11.6 Å². The van der Waals surface area contributed by atoms with E-state index in [4.69, 9.17) is 16.3 Å². The lowest BCUT2D eigenvalue weighted by atomic mass is 10.2. The fourth-order valence-electron chi connectivity index (χ4n) is 2.98. The van der Waals surface area contributed by atoms with E-state index in [2.05, 4.69) is 25.7 Å². The van der Waals surface area contributed by atoms with Crippen molar-refractivity contribution in [3.8, 4) is 5.75 Å². The molecule has 1 amide bonds. The molecule has 4 aromatic rings. The Morgan fingerprint density at radius 2 is 2.06 bits per heavy atom. The maximum Gasteiger partial charge on any atom is 0.246 e. The van der Waals surface area contributed by atoms with Crippen molar-refractivity contribution in [1.82, 2.24) is 19.7 Å². The average molecular weight is 473 g/mol. The minimum absolute atomic E-state index is 0.195. The number of amides is 1. The van der Waals surface area contributed by atoms with Crippen molar-refractivity contribution in [3.05, 3.63) is 66.6 Å². The van der Waals surface area contributed by atoms with Gasteiger partial charge >= 0.3 is 0 Å². The number of anilines is 3. The molecule has 0 atom stereocenters. The number of carbonyl (C=O) groups is 1. The highest BCUT2D eigenvalue weighted by atomic mass is 35.5. The van der Waals surface area contributed by atoms with Gasteiger partial charge in [-0.15, -0.1) is 11.6 Å². The molecule has 33 heavy (non-hydrogen) atoms. The number of rotatable bonds is 9. The van der Waals surface area contributed by atoms with Crippen LogP contribution in [0.4, 0.5) is 26.1 Å². The largest absolute Gasteiger partial charge is 0.493 e. The van der Waals surface area contributed by atoms with Gasteiger partial charge in [-0.25, -0.2) is 18.7 Å². The van der Waals surface area contributed by atoms with Crippen LogP contribution < -0.4 is 15.4 Å². The average Bonchev–Trinajstić information content (AvgIpc) is 3.23. The van der Waals surface area contributed by atoms with E-state index in [9.17, 15) is 13.6 Å². The van der Waals surface area contributed by atoms with Gasteiger partial charge in [0.15, 0.2) is 11.6 Å². The van der Waals surface area contributed by atoms with E-state index in [0.29, 0.717) is 35.4 Å². The number of benzene rings is 2. The van der Waals surface area contributed by atoms with Crippen LogP contribution in [0.15, 0.2) is 55.0 Å². The number of ether oxygens (including phenoxy) is 1. The molecule has 8 nitrogen and oxygen atoms in total. The number of hydrogen-bond acceptors (Lipinski definition) is 6. The second-order valence-corrected chi connectivity index (χ2v) is 7.38. The lowest BCUT2D eigenvalue weighted by Gasteiger charge is -2.07. The van der Waals surface area contributed by atoms with Crippen LogP contribution in [0.25, 0.3) is 10.9 Å². The fourth-order valence-corrected chi connectivity index (χ4v) is 3.09. The molecule has 0 spiro atoms. The number of fused-ring (bicyclic) bond motifs is 1. The molecule has 4 rings (SSSR count). The number of aromatic nitrogens is 4. The number of hydrogen-bond donors (Lipinski definition) is 2. The normalized spacial score (nSPS) is 10.9. The number of alkyl halides is 1. The van der Waals surface area contributed by atoms with Crippen molar-refractivity contribution < 1.29 is 18.3 Å². The summed E-state index contributed by atoms with van der Waals surface area (Å²) in [6, 6.07) is 9.09. The van der Waals surface area contributed by atoms with Gasteiger partial charge in [-0.1, -0.05) is 6.07 Å². The van der Waals surface area contributed by atoms with Gasteiger partial charge in [-0.2, -0.15) is 5.10 Å². The van der Waals surface area contributed by atoms with Gasteiger partial charge in [0, 0.05) is 29.7 Å². The number of nitrogens with one attached hydrogen (secondary N) is 2. The molecule has 0 bridgehead atoms. The van der Waals surface area contributed by atoms with E-state index in [1.54, 1.807) is 12.4 Å². The Labute approximate surface area is 192 Å². The molecule has 0 aliphatic heterocycles. The number of nitrogens with zero attached hydrogens (tertiary/aromatic N) is 4. The predicted molar refractivity (Wildman–Crippen MR) is 121 cm³/mol. The summed E-state index contributed by atoms with van der Waals surface area (Å²) in [6.45, 7) is 0.322. The summed E-state index contributed by atoms with van der Waals surface area (Å²) in [5.41, 5.74) is 1.01. The summed E-state index contributed by atoms with van der Waals surface area (Å²) in [7, 11) is 0. The summed E-state index contributed by atoms with van der Waals surface area (Å²) in [6.07, 6.45) is 5.49. The molecule has 0 fully saturated rings. The van der Waals surface area contributed by atoms with Gasteiger partial charge in [0.2, 0.25) is 11.9 Å². The zero-order valence-corrected chi connectivity index (χ0v) is 18.0. The van der Waals surface area contributed by atoms with Crippen LogP contribution in [-0.2, 0) is 11.3 Å². The van der Waals surface area contributed by atoms with E-state index in [0.717, 1.165) is 17.9 Å². The molecule has 170 valence electrons. The van der Waals surface area contributed by atoms with Gasteiger partial charge in [-0.3, -0.25) is 9.48 Å². The minimum atomic E-state index is -1.12. The minimum Gasteiger partial charge on any atom is -0.493 e. The molecule has 0 saturated heterocycles. The van der Waals surface area contributed by atoms with Gasteiger partial charge in [-0.05, 0) is 30.7 Å². The maximum atomic E-state index is 13.7. The lowest BCUT2D eigenvalue weighted by Crippen LogP contribution is -2.19. The van der Waals surface area contributed by atoms with Crippen LogP contribution >= 0.6 is 11.6 Å². The van der Waals surface area contributed by atoms with Gasteiger partial charge in [0.25, 0.3) is 0 Å². The van der Waals surface area contributed by atoms with Crippen molar-refractivity contribution in [2.24, 2.45) is 0 Å². The molecule has 0 unspecified atom stereocenters. The zero-order valence-electron chi connectivity index (χ0n) is 17.3. The number of carbonyl (C=O) groups excluding carboxylic acids is 1. The van der Waals surface area contributed by atoms with Gasteiger partial charge in [0.1, 0.15) is 12.3 Å². The van der Waals surface area contributed by atoms with E-state index in [1.807, 2.05) is 18.2 Å². The third-order valence-corrected chi connectivity index (χ3v) is 4.79. The standard InChI is InChI=1S/C22H19ClF2N6O2/c23-7-2-8-33-16-6-5-14-10-26-22(30-19(14)9-16)28-15-11-27-31(12-15)13-20(32)29-18-4-1-3-17(24)21(18)25/h1,3-6,9-12H,2,7-8,13H2,(H,29,32)(H,26,28,30). The monoisotopic (exact) mass is 472 g/mol. The van der Waals surface area contributed by atoms with E-state index in [-0.39, 0.29) is 12.2 Å². The van der Waals surface area contributed by atoms with Crippen molar-refractivity contribution in [3.63, 3.8) is 0 Å². The summed E-state index contributed by atoms with van der Waals surface area (Å²) in [5, 5.41) is 10.3. The zero-order chi connectivity index (χ0) is 23.2. The smallest absolute Gasteiger partial charge is 0.246 e. The first kappa shape index (κ1) is 22.4. The molecule has 2 aromatic carbocycles. The Kier molecular flexibility index (Phi) is 6.94. The predicted octanol–water partition coefficient (Wildman–Crippen LogP) is 4.49. The van der Waals surface area contributed by atoms with E-state index in [1.165, 1.54) is 23.0 Å². The third kappa shape index (κ3) is 5.72. The van der Waals surface area contributed by atoms with Crippen LogP contribution in [0.1, 0.15) is 6.42 Å². The molecule has 0 radical (unpaired) electrons. The molecule has 2 heterocycles. The topological polar surface area (TPSA) is 94.0 Å². The highest BCUT2D eigenvalue weighted by molar-refractivity contribution is 6.17.